The van der Waals surface area contributed by atoms with Crippen molar-refractivity contribution in [3.05, 3.63) is 58.9 Å². The van der Waals surface area contributed by atoms with Crippen LogP contribution in [0.25, 0.3) is 0 Å². The van der Waals surface area contributed by atoms with Crippen molar-refractivity contribution in [2.24, 2.45) is 5.73 Å². The number of rotatable bonds is 3. The molecule has 3 nitrogen and oxygen atoms in total. The van der Waals surface area contributed by atoms with Crippen LogP contribution in [0.1, 0.15) is 17.2 Å². The van der Waals surface area contributed by atoms with E-state index in [1.54, 1.807) is 0 Å². The molecule has 0 fully saturated rings. The van der Waals surface area contributed by atoms with Gasteiger partial charge in [-0.15, -0.1) is 25.6 Å². The Hall–Kier alpha value is -2.13. The summed E-state index contributed by atoms with van der Waals surface area (Å²) in [5.74, 6) is -6.53. The monoisotopic (exact) mass is 373 g/mol. The molecule has 0 saturated heterocycles. The number of benzene rings is 2. The van der Waals surface area contributed by atoms with Crippen LogP contribution >= 0.6 is 12.4 Å². The second-order valence-electron chi connectivity index (χ2n) is 4.51. The maximum Gasteiger partial charge on any atom is 0.573 e. The quantitative estimate of drug-likeness (QED) is 0.627. The summed E-state index contributed by atoms with van der Waals surface area (Å²) in [6, 6.07) is 2.91. The van der Waals surface area contributed by atoms with Crippen molar-refractivity contribution in [1.29, 1.82) is 0 Å². The molecule has 0 spiro atoms. The third-order valence-corrected chi connectivity index (χ3v) is 2.96. The van der Waals surface area contributed by atoms with Crippen LogP contribution in [0.4, 0.5) is 26.3 Å². The lowest BCUT2D eigenvalue weighted by Crippen LogP contribution is -2.18. The lowest BCUT2D eigenvalue weighted by Gasteiger charge is -2.16. The number of ether oxygens (including phenoxy) is 1. The minimum Gasteiger partial charge on any atom is -0.507 e. The minimum absolute atomic E-state index is 0. The van der Waals surface area contributed by atoms with Gasteiger partial charge in [0.25, 0.3) is 0 Å². The summed E-state index contributed by atoms with van der Waals surface area (Å²) in [4.78, 5) is 0. The van der Waals surface area contributed by atoms with Crippen molar-refractivity contribution in [1.82, 2.24) is 0 Å². The molecule has 0 bridgehead atoms. The summed E-state index contributed by atoms with van der Waals surface area (Å²) in [7, 11) is 0. The molecule has 0 unspecified atom stereocenters. The SMILES string of the molecule is Cl.N[C@H](c1ccc(OC(F)(F)F)cc1)c1c(O)cc(F)c(F)c1F. The van der Waals surface area contributed by atoms with Crippen LogP contribution in [0.2, 0.25) is 0 Å². The molecule has 2 aromatic carbocycles. The Bertz CT molecular complexity index is 721. The van der Waals surface area contributed by atoms with Gasteiger partial charge in [0.1, 0.15) is 11.5 Å². The molecule has 2 rings (SSSR count). The van der Waals surface area contributed by atoms with Gasteiger partial charge in [-0.1, -0.05) is 12.1 Å². The average Bonchev–Trinajstić information content (AvgIpc) is 2.44. The number of alkyl halides is 3. The highest BCUT2D eigenvalue weighted by Crippen LogP contribution is 2.33. The summed E-state index contributed by atoms with van der Waals surface area (Å²) in [6.07, 6.45) is -4.88. The first-order chi connectivity index (χ1) is 10.6. The van der Waals surface area contributed by atoms with E-state index in [-0.39, 0.29) is 18.0 Å². The van der Waals surface area contributed by atoms with Crippen molar-refractivity contribution < 1.29 is 36.2 Å². The van der Waals surface area contributed by atoms with E-state index in [9.17, 15) is 31.4 Å². The summed E-state index contributed by atoms with van der Waals surface area (Å²) >= 11 is 0. The largest absolute Gasteiger partial charge is 0.573 e. The van der Waals surface area contributed by atoms with Crippen LogP contribution in [0.5, 0.6) is 11.5 Å². The Morgan fingerprint density at radius 2 is 1.54 bits per heavy atom. The Morgan fingerprint density at radius 1 is 1.00 bits per heavy atom. The van der Waals surface area contributed by atoms with E-state index in [4.69, 9.17) is 5.73 Å². The van der Waals surface area contributed by atoms with Gasteiger partial charge in [0.2, 0.25) is 0 Å². The first-order valence-electron chi connectivity index (χ1n) is 6.08. The third-order valence-electron chi connectivity index (χ3n) is 2.96. The Balaban J connectivity index is 0.00000288. The molecule has 24 heavy (non-hydrogen) atoms. The molecule has 1 atom stereocenters. The molecule has 0 aliphatic rings. The molecule has 3 N–H and O–H groups in total. The van der Waals surface area contributed by atoms with Crippen LogP contribution in [0, 0.1) is 17.5 Å². The highest BCUT2D eigenvalue weighted by molar-refractivity contribution is 5.85. The fourth-order valence-electron chi connectivity index (χ4n) is 1.94. The molecular formula is C14H10ClF6NO2. The first kappa shape index (κ1) is 19.9. The van der Waals surface area contributed by atoms with Gasteiger partial charge in [-0.25, -0.2) is 13.2 Å². The van der Waals surface area contributed by atoms with E-state index in [2.05, 4.69) is 4.74 Å². The fourth-order valence-corrected chi connectivity index (χ4v) is 1.94. The molecule has 2 aromatic rings. The molecular weight excluding hydrogens is 364 g/mol. The number of aromatic hydroxyl groups is 1. The zero-order chi connectivity index (χ0) is 17.4. The zero-order valence-electron chi connectivity index (χ0n) is 11.6. The van der Waals surface area contributed by atoms with Gasteiger partial charge in [-0.05, 0) is 17.7 Å². The van der Waals surface area contributed by atoms with E-state index in [1.165, 1.54) is 0 Å². The molecule has 0 aliphatic heterocycles. The number of phenols is 1. The van der Waals surface area contributed by atoms with Gasteiger partial charge in [0.05, 0.1) is 11.6 Å². The topological polar surface area (TPSA) is 55.5 Å². The normalized spacial score (nSPS) is 12.5. The van der Waals surface area contributed by atoms with Gasteiger partial charge in [-0.3, -0.25) is 0 Å². The standard InChI is InChI=1S/C14H9F6NO2.ClH/c15-8-5-9(22)10(12(17)11(8)16)13(21)6-1-3-7(4-2-6)23-14(18,19)20;/h1-5,13,22H,21H2;1H/t13-;/m1./s1. The van der Waals surface area contributed by atoms with Crippen LogP contribution in [-0.4, -0.2) is 11.5 Å². The van der Waals surface area contributed by atoms with E-state index >= 15 is 0 Å². The highest BCUT2D eigenvalue weighted by Gasteiger charge is 2.31. The summed E-state index contributed by atoms with van der Waals surface area (Å²) < 4.78 is 79.7. The molecule has 0 radical (unpaired) electrons. The summed E-state index contributed by atoms with van der Waals surface area (Å²) in [5.41, 5.74) is 5.00. The predicted molar refractivity (Wildman–Crippen MR) is 74.4 cm³/mol. The van der Waals surface area contributed by atoms with Gasteiger partial charge in [0.15, 0.2) is 17.5 Å². The Kier molecular flexibility index (Phi) is 5.96. The fraction of sp³-hybridized carbons (Fsp3) is 0.143. The first-order valence-corrected chi connectivity index (χ1v) is 6.08. The van der Waals surface area contributed by atoms with Crippen molar-refractivity contribution in [3.63, 3.8) is 0 Å². The summed E-state index contributed by atoms with van der Waals surface area (Å²) in [5, 5.41) is 9.54. The number of hydrogen-bond acceptors (Lipinski definition) is 3. The molecule has 0 aromatic heterocycles. The van der Waals surface area contributed by atoms with Crippen molar-refractivity contribution in [3.8, 4) is 11.5 Å². The smallest absolute Gasteiger partial charge is 0.507 e. The second kappa shape index (κ2) is 7.18. The van der Waals surface area contributed by atoms with E-state index < -0.39 is 46.9 Å². The van der Waals surface area contributed by atoms with Crippen LogP contribution < -0.4 is 10.5 Å². The minimum atomic E-state index is -4.88. The van der Waals surface area contributed by atoms with Crippen molar-refractivity contribution >= 4 is 12.4 Å². The van der Waals surface area contributed by atoms with Gasteiger partial charge >= 0.3 is 6.36 Å². The lowest BCUT2D eigenvalue weighted by molar-refractivity contribution is -0.274. The molecule has 0 saturated carbocycles. The third kappa shape index (κ3) is 4.24. The van der Waals surface area contributed by atoms with Gasteiger partial charge in [0, 0.05) is 6.07 Å². The molecule has 10 heteroatoms. The number of nitrogens with two attached hydrogens (primary N) is 1. The van der Waals surface area contributed by atoms with Gasteiger partial charge < -0.3 is 15.6 Å². The van der Waals surface area contributed by atoms with Crippen LogP contribution in [0.3, 0.4) is 0 Å². The van der Waals surface area contributed by atoms with Crippen molar-refractivity contribution in [2.45, 2.75) is 12.4 Å². The number of halogens is 7. The average molecular weight is 374 g/mol. The molecule has 132 valence electrons. The predicted octanol–water partition coefficient (Wildman–Crippen LogP) is 4.18. The van der Waals surface area contributed by atoms with Crippen LogP contribution in [0.15, 0.2) is 30.3 Å². The van der Waals surface area contributed by atoms with E-state index in [0.717, 1.165) is 24.3 Å². The lowest BCUT2D eigenvalue weighted by atomic mass is 9.97. The van der Waals surface area contributed by atoms with Crippen molar-refractivity contribution in [2.75, 3.05) is 0 Å². The van der Waals surface area contributed by atoms with E-state index in [1.807, 2.05) is 0 Å². The second-order valence-corrected chi connectivity index (χ2v) is 4.51. The number of hydrogen-bond donors (Lipinski definition) is 2. The maximum absolute atomic E-state index is 13.7. The van der Waals surface area contributed by atoms with Gasteiger partial charge in [-0.2, -0.15) is 0 Å². The van der Waals surface area contributed by atoms with E-state index in [0.29, 0.717) is 6.07 Å². The molecule has 0 heterocycles. The molecule has 0 amide bonds. The van der Waals surface area contributed by atoms with Crippen LogP contribution in [-0.2, 0) is 0 Å². The Morgan fingerprint density at radius 3 is 2.04 bits per heavy atom. The highest BCUT2D eigenvalue weighted by atomic mass is 35.5. The molecule has 0 aliphatic carbocycles. The summed E-state index contributed by atoms with van der Waals surface area (Å²) in [6.45, 7) is 0. The maximum atomic E-state index is 13.7. The number of phenolic OH excluding ortho intramolecular Hbond substituents is 1. The Labute approximate surface area is 138 Å². The zero-order valence-corrected chi connectivity index (χ0v) is 12.4.